The zero-order chi connectivity index (χ0) is 60.4. The first-order valence-electron chi connectivity index (χ1n) is 37.3. The molecule has 9 rings (SSSR count). The highest BCUT2D eigenvalue weighted by molar-refractivity contribution is 6.10. The second kappa shape index (κ2) is 35.4. The van der Waals surface area contributed by atoms with Gasteiger partial charge >= 0.3 is 0 Å². The molecule has 0 saturated heterocycles. The van der Waals surface area contributed by atoms with Crippen LogP contribution in [0.2, 0.25) is 0 Å². The van der Waals surface area contributed by atoms with E-state index in [4.69, 9.17) is 0 Å². The topological polar surface area (TPSA) is 4.93 Å². The standard InChI is InChI=1S/C84H121N3/c1-6-11-16-21-26-30-35-44-61-86(62-45-36-31-27-22-17-12-7-2)81-50-41-39-48-75(81)77-58-54-71(67-83(77)86)69-52-56-73-74-57-53-70(66-80(74)85(79(73)65-69)60-43-34-25-20-15-10-5)72-55-59-78-76-49-40-42-51-82(76)87(84(78)68-72,63-46-37-32-28-23-18-13-8-3)64-47-38-33-29-24-19-14-9-4/h39-42,48-59,65-68H,6-38,43-47,60-64H2,1-5H3/q+2. The molecule has 2 aliphatic heterocycles. The Balaban J connectivity index is 1.05. The molecule has 0 atom stereocenters. The van der Waals surface area contributed by atoms with E-state index in [1.807, 2.05) is 0 Å². The van der Waals surface area contributed by atoms with Gasteiger partial charge in [-0.15, -0.1) is 0 Å². The molecular formula is C84H121N3+2. The number of hydrogen-bond donors (Lipinski definition) is 0. The van der Waals surface area contributed by atoms with E-state index in [1.54, 1.807) is 22.7 Å². The minimum Gasteiger partial charge on any atom is -0.340 e. The lowest BCUT2D eigenvalue weighted by Gasteiger charge is -2.36. The summed E-state index contributed by atoms with van der Waals surface area (Å²) in [6.07, 6.45) is 51.3. The van der Waals surface area contributed by atoms with Gasteiger partial charge in [-0.2, -0.15) is 0 Å². The van der Waals surface area contributed by atoms with Gasteiger partial charge in [0.1, 0.15) is 22.7 Å². The first-order valence-corrected chi connectivity index (χ1v) is 37.3. The van der Waals surface area contributed by atoms with Crippen LogP contribution in [-0.2, 0) is 6.54 Å². The van der Waals surface area contributed by atoms with Crippen LogP contribution in [0.1, 0.15) is 279 Å². The molecule has 0 N–H and O–H groups in total. The summed E-state index contributed by atoms with van der Waals surface area (Å²) in [7, 11) is 0. The van der Waals surface area contributed by atoms with E-state index in [-0.39, 0.29) is 0 Å². The van der Waals surface area contributed by atoms with Crippen LogP contribution in [0, 0.1) is 0 Å². The molecule has 0 radical (unpaired) electrons. The molecule has 1 aromatic heterocycles. The van der Waals surface area contributed by atoms with Crippen LogP contribution in [0.3, 0.4) is 0 Å². The van der Waals surface area contributed by atoms with Crippen LogP contribution in [0.15, 0.2) is 121 Å². The molecule has 3 heteroatoms. The zero-order valence-corrected chi connectivity index (χ0v) is 56.3. The van der Waals surface area contributed by atoms with Gasteiger partial charge < -0.3 is 4.57 Å². The van der Waals surface area contributed by atoms with Gasteiger partial charge in [-0.1, -0.05) is 281 Å². The Bertz CT molecular complexity index is 2890. The Morgan fingerprint density at radius 1 is 0.241 bits per heavy atom. The maximum absolute atomic E-state index is 2.75. The minimum absolute atomic E-state index is 1.02. The predicted octanol–water partition coefficient (Wildman–Crippen LogP) is 27.3. The monoisotopic (exact) mass is 1170 g/mol. The van der Waals surface area contributed by atoms with Crippen LogP contribution < -0.4 is 8.97 Å². The number of fused-ring (bicyclic) bond motifs is 9. The van der Waals surface area contributed by atoms with Crippen molar-refractivity contribution in [3.63, 3.8) is 0 Å². The fourth-order valence-corrected chi connectivity index (χ4v) is 16.0. The number of quaternary nitrogens is 2. The lowest BCUT2D eigenvalue weighted by molar-refractivity contribution is 0.360. The lowest BCUT2D eigenvalue weighted by Crippen LogP contribution is -2.44. The van der Waals surface area contributed by atoms with Crippen molar-refractivity contribution in [3.05, 3.63) is 121 Å². The van der Waals surface area contributed by atoms with Crippen LogP contribution >= 0.6 is 0 Å². The molecule has 470 valence electrons. The molecule has 6 aromatic carbocycles. The Kier molecular flexibility index (Phi) is 27.1. The third-order valence-electron chi connectivity index (χ3n) is 21.1. The van der Waals surface area contributed by atoms with E-state index in [2.05, 4.69) is 161 Å². The number of unbranched alkanes of at least 4 members (excludes halogenated alkanes) is 33. The van der Waals surface area contributed by atoms with E-state index in [1.165, 1.54) is 336 Å². The SMILES string of the molecule is CCCCCCCCCC[N+]1(CCCCCCCCCC)c2ccccc2-c2ccc(-c3ccc4c5ccc(-c6ccc7c(c6)[N+](CCCCCCCCCC)(CCCCCCCCCC)c6ccccc6-7)cc5n(CCCCCCCC)c4c3)cc21. The number of aromatic nitrogens is 1. The van der Waals surface area contributed by atoms with Crippen molar-refractivity contribution in [1.29, 1.82) is 0 Å². The fourth-order valence-electron chi connectivity index (χ4n) is 16.0. The Hall–Kier alpha value is -4.96. The average Bonchev–Trinajstić information content (AvgIpc) is 1.62. The van der Waals surface area contributed by atoms with Gasteiger partial charge in [-0.3, -0.25) is 8.97 Å². The summed E-state index contributed by atoms with van der Waals surface area (Å²) in [6.45, 7) is 17.5. The molecule has 0 bridgehead atoms. The summed E-state index contributed by atoms with van der Waals surface area (Å²) >= 11 is 0. The summed E-state index contributed by atoms with van der Waals surface area (Å²) in [5.41, 5.74) is 20.3. The minimum atomic E-state index is 1.02. The average molecular weight is 1170 g/mol. The molecule has 0 fully saturated rings. The quantitative estimate of drug-likeness (QED) is 0.0265. The van der Waals surface area contributed by atoms with E-state index in [0.717, 1.165) is 15.5 Å². The molecule has 87 heavy (non-hydrogen) atoms. The fraction of sp³-hybridized carbons (Fsp3) is 0.571. The van der Waals surface area contributed by atoms with Crippen molar-refractivity contribution in [3.8, 4) is 44.5 Å². The van der Waals surface area contributed by atoms with Crippen molar-refractivity contribution in [2.24, 2.45) is 0 Å². The molecule has 0 unspecified atom stereocenters. The largest absolute Gasteiger partial charge is 0.340 e. The van der Waals surface area contributed by atoms with Crippen molar-refractivity contribution >= 4 is 44.6 Å². The van der Waals surface area contributed by atoms with E-state index < -0.39 is 0 Å². The Labute approximate surface area is 532 Å². The number of nitrogens with zero attached hydrogens (tertiary/aromatic N) is 3. The summed E-state index contributed by atoms with van der Waals surface area (Å²) in [6, 6.07) is 49.5. The van der Waals surface area contributed by atoms with Gasteiger partial charge in [0.15, 0.2) is 0 Å². The zero-order valence-electron chi connectivity index (χ0n) is 56.3. The van der Waals surface area contributed by atoms with Crippen molar-refractivity contribution in [2.45, 2.75) is 285 Å². The molecule has 0 aliphatic carbocycles. The van der Waals surface area contributed by atoms with E-state index >= 15 is 0 Å². The molecule has 0 spiro atoms. The van der Waals surface area contributed by atoms with Crippen LogP contribution in [0.25, 0.3) is 66.3 Å². The smallest absolute Gasteiger partial charge is 0.146 e. The molecule has 3 heterocycles. The molecule has 7 aromatic rings. The van der Waals surface area contributed by atoms with E-state index in [9.17, 15) is 0 Å². The maximum Gasteiger partial charge on any atom is 0.146 e. The highest BCUT2D eigenvalue weighted by Gasteiger charge is 2.45. The van der Waals surface area contributed by atoms with Crippen LogP contribution in [0.4, 0.5) is 22.7 Å². The Morgan fingerprint density at radius 2 is 0.506 bits per heavy atom. The highest BCUT2D eigenvalue weighted by Crippen LogP contribution is 2.56. The molecule has 3 nitrogen and oxygen atoms in total. The summed E-state index contributed by atoms with van der Waals surface area (Å²) < 4.78 is 4.78. The summed E-state index contributed by atoms with van der Waals surface area (Å²) in [4.78, 5) is 0. The van der Waals surface area contributed by atoms with Crippen LogP contribution in [-0.4, -0.2) is 30.7 Å². The van der Waals surface area contributed by atoms with Gasteiger partial charge in [0.25, 0.3) is 0 Å². The van der Waals surface area contributed by atoms with Gasteiger partial charge in [0.2, 0.25) is 0 Å². The van der Waals surface area contributed by atoms with Crippen molar-refractivity contribution < 1.29 is 0 Å². The number of hydrogen-bond acceptors (Lipinski definition) is 0. The first kappa shape index (κ1) is 66.5. The van der Waals surface area contributed by atoms with Crippen molar-refractivity contribution in [1.82, 2.24) is 13.5 Å². The highest BCUT2D eigenvalue weighted by atomic mass is 15.4. The number of rotatable bonds is 45. The Morgan fingerprint density at radius 3 is 0.839 bits per heavy atom. The second-order valence-electron chi connectivity index (χ2n) is 27.6. The van der Waals surface area contributed by atoms with Crippen molar-refractivity contribution in [2.75, 3.05) is 26.2 Å². The lowest BCUT2D eigenvalue weighted by atomic mass is 9.98. The maximum atomic E-state index is 2.75. The molecular weight excluding hydrogens is 1050 g/mol. The number of aryl methyl sites for hydroxylation is 1. The van der Waals surface area contributed by atoms with Gasteiger partial charge in [0.05, 0.1) is 26.2 Å². The molecule has 0 amide bonds. The first-order chi connectivity index (χ1) is 43.0. The van der Waals surface area contributed by atoms with Gasteiger partial charge in [0, 0.05) is 74.9 Å². The van der Waals surface area contributed by atoms with Gasteiger partial charge in [-0.05, 0) is 116 Å². The number of benzene rings is 6. The molecule has 0 saturated carbocycles. The van der Waals surface area contributed by atoms with E-state index in [0.29, 0.717) is 0 Å². The second-order valence-corrected chi connectivity index (χ2v) is 27.6. The molecule has 2 aliphatic rings. The third-order valence-corrected chi connectivity index (χ3v) is 21.1. The number of para-hydroxylation sites is 2. The summed E-state index contributed by atoms with van der Waals surface area (Å²) in [5.74, 6) is 0. The van der Waals surface area contributed by atoms with Crippen LogP contribution in [0.5, 0.6) is 0 Å². The summed E-state index contributed by atoms with van der Waals surface area (Å²) in [5, 5.41) is 2.79. The third kappa shape index (κ3) is 16.9. The van der Waals surface area contributed by atoms with Gasteiger partial charge in [-0.25, -0.2) is 0 Å². The normalized spacial score (nSPS) is 13.7. The predicted molar refractivity (Wildman–Crippen MR) is 387 cm³/mol.